The molecule has 1 amide bonds. The number of nitrogens with zero attached hydrogens (tertiary/aromatic N) is 3. The third-order valence-electron chi connectivity index (χ3n) is 4.95. The van der Waals surface area contributed by atoms with Gasteiger partial charge in [0.1, 0.15) is 17.3 Å². The van der Waals surface area contributed by atoms with Crippen molar-refractivity contribution in [3.8, 4) is 0 Å². The largest absolute Gasteiger partial charge is 0.368 e. The summed E-state index contributed by atoms with van der Waals surface area (Å²) in [4.78, 5) is 21.1. The number of hydrogen-bond acceptors (Lipinski definition) is 4. The predicted molar refractivity (Wildman–Crippen MR) is 109 cm³/mol. The van der Waals surface area contributed by atoms with E-state index in [9.17, 15) is 13.6 Å². The highest BCUT2D eigenvalue weighted by molar-refractivity contribution is 6.04. The van der Waals surface area contributed by atoms with Crippen LogP contribution in [0.15, 0.2) is 67.0 Å². The zero-order chi connectivity index (χ0) is 20.2. The Bertz CT molecular complexity index is 984. The zero-order valence-corrected chi connectivity index (χ0v) is 15.7. The molecule has 1 aliphatic rings. The Balaban J connectivity index is 1.44. The van der Waals surface area contributed by atoms with Crippen LogP contribution in [-0.2, 0) is 0 Å². The maximum atomic E-state index is 13.8. The zero-order valence-electron chi connectivity index (χ0n) is 15.7. The number of benzene rings is 2. The van der Waals surface area contributed by atoms with E-state index in [1.54, 1.807) is 12.3 Å². The van der Waals surface area contributed by atoms with Crippen molar-refractivity contribution in [1.82, 2.24) is 4.98 Å². The van der Waals surface area contributed by atoms with Crippen molar-refractivity contribution < 1.29 is 13.6 Å². The van der Waals surface area contributed by atoms with Crippen LogP contribution in [0.4, 0.5) is 25.8 Å². The Morgan fingerprint density at radius 3 is 2.10 bits per heavy atom. The maximum absolute atomic E-state index is 13.8. The first-order chi connectivity index (χ1) is 14.1. The van der Waals surface area contributed by atoms with Crippen molar-refractivity contribution in [1.29, 1.82) is 0 Å². The summed E-state index contributed by atoms with van der Waals surface area (Å²) in [5.74, 6) is -2.25. The number of amides is 1. The number of anilines is 3. The molecule has 3 aromatic rings. The summed E-state index contributed by atoms with van der Waals surface area (Å²) in [6.45, 7) is 3.26. The fraction of sp³-hybridized carbons (Fsp3) is 0.182. The molecule has 4 rings (SSSR count). The molecule has 1 aromatic heterocycles. The summed E-state index contributed by atoms with van der Waals surface area (Å²) < 4.78 is 27.6. The van der Waals surface area contributed by atoms with E-state index in [2.05, 4.69) is 32.2 Å². The summed E-state index contributed by atoms with van der Waals surface area (Å²) in [6, 6.07) is 15.3. The number of piperazine rings is 1. The van der Waals surface area contributed by atoms with Crippen molar-refractivity contribution in [3.63, 3.8) is 0 Å². The Labute approximate surface area is 167 Å². The fourth-order valence-electron chi connectivity index (χ4n) is 3.39. The average Bonchev–Trinajstić information content (AvgIpc) is 2.77. The van der Waals surface area contributed by atoms with E-state index in [0.717, 1.165) is 44.0 Å². The number of para-hydroxylation sites is 2. The molecule has 2 heterocycles. The van der Waals surface area contributed by atoms with E-state index in [1.807, 2.05) is 18.2 Å². The average molecular weight is 394 g/mol. The molecule has 1 saturated heterocycles. The fourth-order valence-corrected chi connectivity index (χ4v) is 3.39. The highest BCUT2D eigenvalue weighted by atomic mass is 19.1. The normalized spacial score (nSPS) is 14.0. The van der Waals surface area contributed by atoms with E-state index in [1.165, 1.54) is 18.0 Å². The number of carbonyl (C=O) groups is 1. The number of hydrogen-bond donors (Lipinski definition) is 1. The maximum Gasteiger partial charge on any atom is 0.257 e. The van der Waals surface area contributed by atoms with Crippen molar-refractivity contribution in [2.75, 3.05) is 41.3 Å². The minimum Gasteiger partial charge on any atom is -0.368 e. The third-order valence-corrected chi connectivity index (χ3v) is 4.95. The highest BCUT2D eigenvalue weighted by Gasteiger charge is 2.19. The topological polar surface area (TPSA) is 48.5 Å². The predicted octanol–water partition coefficient (Wildman–Crippen LogP) is 3.94. The van der Waals surface area contributed by atoms with Gasteiger partial charge in [-0.15, -0.1) is 0 Å². The van der Waals surface area contributed by atoms with Crippen molar-refractivity contribution in [2.24, 2.45) is 0 Å². The van der Waals surface area contributed by atoms with Gasteiger partial charge in [0, 0.05) is 38.1 Å². The van der Waals surface area contributed by atoms with Crippen LogP contribution in [0, 0.1) is 11.6 Å². The summed E-state index contributed by atoms with van der Waals surface area (Å²) in [5.41, 5.74) is 1.78. The van der Waals surface area contributed by atoms with Crippen LogP contribution < -0.4 is 15.1 Å². The second-order valence-electron chi connectivity index (χ2n) is 6.79. The number of rotatable bonds is 4. The molecule has 1 aliphatic heterocycles. The van der Waals surface area contributed by atoms with E-state index in [-0.39, 0.29) is 5.56 Å². The Morgan fingerprint density at radius 2 is 1.45 bits per heavy atom. The van der Waals surface area contributed by atoms with Crippen LogP contribution in [0.2, 0.25) is 0 Å². The standard InChI is InChI=1S/C22H20F2N4O/c23-19-7-4-8-20(24)21(19)26-22(29)16-13-18(15-25-14-16)28-11-9-27(10-12-28)17-5-2-1-3-6-17/h1-8,13-15H,9-12H2,(H,26,29). The number of carbonyl (C=O) groups excluding carboxylic acids is 1. The molecular weight excluding hydrogens is 374 g/mol. The van der Waals surface area contributed by atoms with Crippen molar-refractivity contribution in [2.45, 2.75) is 0 Å². The van der Waals surface area contributed by atoms with Gasteiger partial charge < -0.3 is 15.1 Å². The second kappa shape index (κ2) is 8.26. The summed E-state index contributed by atoms with van der Waals surface area (Å²) in [6.07, 6.45) is 3.08. The van der Waals surface area contributed by atoms with Gasteiger partial charge in [-0.1, -0.05) is 24.3 Å². The third kappa shape index (κ3) is 4.18. The van der Waals surface area contributed by atoms with Gasteiger partial charge in [0.2, 0.25) is 0 Å². The minimum atomic E-state index is -0.820. The van der Waals surface area contributed by atoms with E-state index < -0.39 is 23.2 Å². The van der Waals surface area contributed by atoms with Crippen LogP contribution in [0.1, 0.15) is 10.4 Å². The molecule has 29 heavy (non-hydrogen) atoms. The van der Waals surface area contributed by atoms with Gasteiger partial charge in [0.25, 0.3) is 5.91 Å². The highest BCUT2D eigenvalue weighted by Crippen LogP contribution is 2.22. The molecular formula is C22H20F2N4O. The van der Waals surface area contributed by atoms with E-state index >= 15 is 0 Å². The first-order valence-corrected chi connectivity index (χ1v) is 9.37. The lowest BCUT2D eigenvalue weighted by molar-refractivity contribution is 0.102. The minimum absolute atomic E-state index is 0.246. The second-order valence-corrected chi connectivity index (χ2v) is 6.79. The number of pyridine rings is 1. The van der Waals surface area contributed by atoms with E-state index in [0.29, 0.717) is 0 Å². The van der Waals surface area contributed by atoms with Crippen LogP contribution in [0.5, 0.6) is 0 Å². The Kier molecular flexibility index (Phi) is 5.37. The summed E-state index contributed by atoms with van der Waals surface area (Å²) >= 11 is 0. The lowest BCUT2D eigenvalue weighted by atomic mass is 10.2. The summed E-state index contributed by atoms with van der Waals surface area (Å²) in [5, 5.41) is 2.30. The van der Waals surface area contributed by atoms with Crippen LogP contribution in [0.3, 0.4) is 0 Å². The molecule has 148 valence electrons. The first-order valence-electron chi connectivity index (χ1n) is 9.37. The van der Waals surface area contributed by atoms with Gasteiger partial charge in [-0.05, 0) is 30.3 Å². The lowest BCUT2D eigenvalue weighted by Crippen LogP contribution is -2.46. The Hall–Kier alpha value is -3.48. The SMILES string of the molecule is O=C(Nc1c(F)cccc1F)c1cncc(N2CCN(c3ccccc3)CC2)c1. The molecule has 7 heteroatoms. The van der Waals surface area contributed by atoms with Gasteiger partial charge in [0.05, 0.1) is 17.4 Å². The number of aromatic nitrogens is 1. The van der Waals surface area contributed by atoms with Crippen molar-refractivity contribution >= 4 is 23.0 Å². The molecule has 0 bridgehead atoms. The molecule has 0 saturated carbocycles. The van der Waals surface area contributed by atoms with Crippen LogP contribution in [-0.4, -0.2) is 37.1 Å². The molecule has 1 N–H and O–H groups in total. The molecule has 2 aromatic carbocycles. The molecule has 0 spiro atoms. The quantitative estimate of drug-likeness (QED) is 0.728. The molecule has 0 radical (unpaired) electrons. The van der Waals surface area contributed by atoms with Gasteiger partial charge in [0.15, 0.2) is 0 Å². The molecule has 0 unspecified atom stereocenters. The van der Waals surface area contributed by atoms with Crippen LogP contribution in [0.25, 0.3) is 0 Å². The number of nitrogens with one attached hydrogen (secondary N) is 1. The van der Waals surface area contributed by atoms with Gasteiger partial charge >= 0.3 is 0 Å². The smallest absolute Gasteiger partial charge is 0.257 e. The molecule has 0 atom stereocenters. The molecule has 1 fully saturated rings. The van der Waals surface area contributed by atoms with Gasteiger partial charge in [-0.2, -0.15) is 0 Å². The number of halogens is 2. The van der Waals surface area contributed by atoms with Crippen molar-refractivity contribution in [3.05, 3.63) is 84.2 Å². The van der Waals surface area contributed by atoms with Gasteiger partial charge in [-0.3, -0.25) is 9.78 Å². The van der Waals surface area contributed by atoms with Crippen LogP contribution >= 0.6 is 0 Å². The molecule has 0 aliphatic carbocycles. The Morgan fingerprint density at radius 1 is 0.828 bits per heavy atom. The van der Waals surface area contributed by atoms with E-state index in [4.69, 9.17) is 0 Å². The van der Waals surface area contributed by atoms with Gasteiger partial charge in [-0.25, -0.2) is 8.78 Å². The first kappa shape index (κ1) is 18.9. The summed E-state index contributed by atoms with van der Waals surface area (Å²) in [7, 11) is 0. The molecule has 5 nitrogen and oxygen atoms in total. The lowest BCUT2D eigenvalue weighted by Gasteiger charge is -2.37. The monoisotopic (exact) mass is 394 g/mol.